The molecule has 0 aromatic carbocycles. The van der Waals surface area contributed by atoms with Gasteiger partial charge in [0.15, 0.2) is 5.79 Å². The Morgan fingerprint density at radius 3 is 2.38 bits per heavy atom. The molecule has 1 unspecified atom stereocenters. The summed E-state index contributed by atoms with van der Waals surface area (Å²) in [6.45, 7) is 2.49. The van der Waals surface area contributed by atoms with Crippen molar-refractivity contribution in [2.24, 2.45) is 17.1 Å². The molecule has 0 bridgehead atoms. The fourth-order valence-corrected chi connectivity index (χ4v) is 3.22. The van der Waals surface area contributed by atoms with Crippen LogP contribution >= 0.6 is 0 Å². The first kappa shape index (κ1) is 12.3. The molecule has 1 atom stereocenters. The van der Waals surface area contributed by atoms with Gasteiger partial charge in [-0.05, 0) is 25.8 Å². The lowest BCUT2D eigenvalue weighted by Crippen LogP contribution is -2.55. The predicted octanol–water partition coefficient (Wildman–Crippen LogP) is 1.14. The van der Waals surface area contributed by atoms with Gasteiger partial charge in [-0.25, -0.2) is 0 Å². The van der Waals surface area contributed by atoms with E-state index in [2.05, 4.69) is 0 Å². The Labute approximate surface area is 97.4 Å². The maximum atomic E-state index is 5.70. The molecule has 0 radical (unpaired) electrons. The first-order valence-corrected chi connectivity index (χ1v) is 6.08. The minimum Gasteiger partial charge on any atom is -0.380 e. The average Bonchev–Trinajstić information content (AvgIpc) is 2.28. The van der Waals surface area contributed by atoms with E-state index in [4.69, 9.17) is 19.9 Å². The van der Waals surface area contributed by atoms with E-state index < -0.39 is 5.79 Å². The third-order valence-corrected chi connectivity index (χ3v) is 4.33. The third-order valence-electron chi connectivity index (χ3n) is 4.33. The Bertz CT molecular complexity index is 236. The molecule has 2 aliphatic rings. The van der Waals surface area contributed by atoms with Crippen LogP contribution in [0.25, 0.3) is 0 Å². The highest BCUT2D eigenvalue weighted by molar-refractivity contribution is 4.98. The predicted molar refractivity (Wildman–Crippen MR) is 61.0 cm³/mol. The Balaban J connectivity index is 2.09. The van der Waals surface area contributed by atoms with Gasteiger partial charge in [0.2, 0.25) is 0 Å². The molecule has 94 valence electrons. The second-order valence-electron chi connectivity index (χ2n) is 5.19. The molecular weight excluding hydrogens is 206 g/mol. The van der Waals surface area contributed by atoms with Gasteiger partial charge in [0.05, 0.1) is 13.2 Å². The van der Waals surface area contributed by atoms with Gasteiger partial charge in [-0.1, -0.05) is 0 Å². The van der Waals surface area contributed by atoms with E-state index in [0.717, 1.165) is 38.9 Å². The van der Waals surface area contributed by atoms with Crippen LogP contribution in [0.4, 0.5) is 0 Å². The van der Waals surface area contributed by atoms with Crippen LogP contribution in [0.15, 0.2) is 0 Å². The minimum absolute atomic E-state index is 0.389. The van der Waals surface area contributed by atoms with Crippen LogP contribution in [0, 0.1) is 11.3 Å². The van der Waals surface area contributed by atoms with Crippen LogP contribution < -0.4 is 5.73 Å². The van der Waals surface area contributed by atoms with Crippen LogP contribution in [0.1, 0.15) is 25.7 Å². The van der Waals surface area contributed by atoms with Gasteiger partial charge >= 0.3 is 0 Å². The van der Waals surface area contributed by atoms with Crippen molar-refractivity contribution in [2.45, 2.75) is 31.5 Å². The molecule has 0 amide bonds. The number of hydrogen-bond acceptors (Lipinski definition) is 4. The highest BCUT2D eigenvalue weighted by Gasteiger charge is 2.52. The first-order valence-electron chi connectivity index (χ1n) is 6.08. The molecule has 1 spiro atoms. The SMILES string of the molecule is COC1(OC)CCC2(COC2)CC1CCN. The van der Waals surface area contributed by atoms with Gasteiger partial charge in [-0.3, -0.25) is 0 Å². The molecule has 2 fully saturated rings. The Kier molecular flexibility index (Phi) is 3.54. The van der Waals surface area contributed by atoms with Crippen molar-refractivity contribution in [3.63, 3.8) is 0 Å². The largest absolute Gasteiger partial charge is 0.380 e. The molecule has 1 heterocycles. The van der Waals surface area contributed by atoms with Crippen molar-refractivity contribution in [3.05, 3.63) is 0 Å². The van der Waals surface area contributed by atoms with Crippen LogP contribution in [-0.4, -0.2) is 39.8 Å². The Morgan fingerprint density at radius 2 is 1.94 bits per heavy atom. The van der Waals surface area contributed by atoms with Gasteiger partial charge in [-0.2, -0.15) is 0 Å². The molecule has 1 aliphatic heterocycles. The quantitative estimate of drug-likeness (QED) is 0.735. The zero-order valence-corrected chi connectivity index (χ0v) is 10.3. The van der Waals surface area contributed by atoms with Crippen LogP contribution in [-0.2, 0) is 14.2 Å². The van der Waals surface area contributed by atoms with Crippen molar-refractivity contribution in [1.82, 2.24) is 0 Å². The fraction of sp³-hybridized carbons (Fsp3) is 1.00. The van der Waals surface area contributed by atoms with Crippen LogP contribution in [0.2, 0.25) is 0 Å². The summed E-state index contributed by atoms with van der Waals surface area (Å²) in [6.07, 6.45) is 4.17. The molecule has 2 N–H and O–H groups in total. The molecule has 4 heteroatoms. The minimum atomic E-state index is -0.416. The van der Waals surface area contributed by atoms with Gasteiger partial charge in [-0.15, -0.1) is 0 Å². The Morgan fingerprint density at radius 1 is 1.25 bits per heavy atom. The molecule has 0 aromatic rings. The number of rotatable bonds is 4. The zero-order chi connectivity index (χ0) is 11.6. The van der Waals surface area contributed by atoms with Crippen LogP contribution in [0.3, 0.4) is 0 Å². The summed E-state index contributed by atoms with van der Waals surface area (Å²) in [6, 6.07) is 0. The number of methoxy groups -OCH3 is 2. The smallest absolute Gasteiger partial charge is 0.170 e. The lowest BCUT2D eigenvalue weighted by Gasteiger charge is -2.53. The van der Waals surface area contributed by atoms with E-state index in [9.17, 15) is 0 Å². The molecule has 16 heavy (non-hydrogen) atoms. The zero-order valence-electron chi connectivity index (χ0n) is 10.3. The highest BCUT2D eigenvalue weighted by atomic mass is 16.7. The van der Waals surface area contributed by atoms with Crippen molar-refractivity contribution in [1.29, 1.82) is 0 Å². The number of hydrogen-bond donors (Lipinski definition) is 1. The molecule has 1 aliphatic carbocycles. The van der Waals surface area contributed by atoms with Crippen molar-refractivity contribution in [2.75, 3.05) is 34.0 Å². The lowest BCUT2D eigenvalue weighted by atomic mass is 9.65. The number of ether oxygens (including phenoxy) is 3. The summed E-state index contributed by atoms with van der Waals surface area (Å²) in [5.41, 5.74) is 6.08. The summed E-state index contributed by atoms with van der Waals surface area (Å²) in [4.78, 5) is 0. The van der Waals surface area contributed by atoms with E-state index in [1.54, 1.807) is 14.2 Å². The molecule has 0 aromatic heterocycles. The van der Waals surface area contributed by atoms with E-state index in [-0.39, 0.29) is 0 Å². The summed E-state index contributed by atoms with van der Waals surface area (Å²) >= 11 is 0. The topological polar surface area (TPSA) is 53.7 Å². The van der Waals surface area contributed by atoms with Gasteiger partial charge < -0.3 is 19.9 Å². The first-order chi connectivity index (χ1) is 7.70. The average molecular weight is 229 g/mol. The maximum absolute atomic E-state index is 5.70. The summed E-state index contributed by atoms with van der Waals surface area (Å²) in [5.74, 6) is -0.0228. The standard InChI is InChI=1S/C12H23NO3/c1-14-12(15-2)5-4-11(8-16-9-11)7-10(12)3-6-13/h10H,3-9,13H2,1-2H3. The van der Waals surface area contributed by atoms with E-state index >= 15 is 0 Å². The molecule has 1 saturated heterocycles. The number of nitrogens with two attached hydrogens (primary N) is 1. The van der Waals surface area contributed by atoms with Crippen molar-refractivity contribution < 1.29 is 14.2 Å². The van der Waals surface area contributed by atoms with E-state index in [1.165, 1.54) is 0 Å². The monoisotopic (exact) mass is 229 g/mol. The van der Waals surface area contributed by atoms with Crippen molar-refractivity contribution >= 4 is 0 Å². The molecular formula is C12H23NO3. The normalized spacial score (nSPS) is 31.3. The molecule has 1 saturated carbocycles. The summed E-state index contributed by atoms with van der Waals surface area (Å²) in [5, 5.41) is 0. The molecule has 4 nitrogen and oxygen atoms in total. The third kappa shape index (κ3) is 1.88. The van der Waals surface area contributed by atoms with E-state index in [0.29, 0.717) is 17.9 Å². The fourth-order valence-electron chi connectivity index (χ4n) is 3.22. The van der Waals surface area contributed by atoms with E-state index in [1.807, 2.05) is 0 Å². The summed E-state index contributed by atoms with van der Waals surface area (Å²) < 4.78 is 16.6. The summed E-state index contributed by atoms with van der Waals surface area (Å²) in [7, 11) is 3.48. The van der Waals surface area contributed by atoms with Gasteiger partial charge in [0, 0.05) is 32.0 Å². The van der Waals surface area contributed by atoms with Crippen LogP contribution in [0.5, 0.6) is 0 Å². The Hall–Kier alpha value is -0.160. The lowest BCUT2D eigenvalue weighted by molar-refractivity contribution is -0.286. The van der Waals surface area contributed by atoms with Gasteiger partial charge in [0.1, 0.15) is 0 Å². The second kappa shape index (κ2) is 4.61. The molecule has 2 rings (SSSR count). The van der Waals surface area contributed by atoms with Crippen molar-refractivity contribution in [3.8, 4) is 0 Å². The van der Waals surface area contributed by atoms with Gasteiger partial charge in [0.25, 0.3) is 0 Å². The second-order valence-corrected chi connectivity index (χ2v) is 5.19. The highest BCUT2D eigenvalue weighted by Crippen LogP contribution is 2.50. The maximum Gasteiger partial charge on any atom is 0.170 e.